The Labute approximate surface area is 108 Å². The van der Waals surface area contributed by atoms with Crippen LogP contribution in [0.25, 0.3) is 0 Å². The number of ether oxygens (including phenoxy) is 1. The third-order valence-corrected chi connectivity index (χ3v) is 3.26. The van der Waals surface area contributed by atoms with Crippen molar-refractivity contribution >= 4 is 17.6 Å². The number of methoxy groups -OCH3 is 1. The number of aromatic nitrogens is 2. The summed E-state index contributed by atoms with van der Waals surface area (Å²) in [6.45, 7) is 8.02. The molecular formula is C12H21N3OS. The molecule has 1 rings (SSSR count). The second kappa shape index (κ2) is 7.50. The van der Waals surface area contributed by atoms with Crippen LogP contribution in [0, 0.1) is 0 Å². The van der Waals surface area contributed by atoms with Crippen LogP contribution >= 0.6 is 11.8 Å². The minimum absolute atomic E-state index is 0.412. The van der Waals surface area contributed by atoms with Gasteiger partial charge in [-0.05, 0) is 12.8 Å². The predicted octanol–water partition coefficient (Wildman–Crippen LogP) is 2.77. The molecule has 1 N–H and O–H groups in total. The van der Waals surface area contributed by atoms with Gasteiger partial charge in [0.25, 0.3) is 0 Å². The van der Waals surface area contributed by atoms with Gasteiger partial charge in [0.15, 0.2) is 0 Å². The summed E-state index contributed by atoms with van der Waals surface area (Å²) in [5.41, 5.74) is 1.20. The standard InChI is InChI=1S/C12H21N3OS/c1-5-13-11-10(9(2)3)12(15-8-14-11)17-7-6-16-4/h8-9H,5-7H2,1-4H3,(H,13,14,15). The van der Waals surface area contributed by atoms with Gasteiger partial charge in [0.05, 0.1) is 6.61 Å². The van der Waals surface area contributed by atoms with Gasteiger partial charge in [0, 0.05) is 25.0 Å². The summed E-state index contributed by atoms with van der Waals surface area (Å²) in [4.78, 5) is 8.68. The molecule has 1 aromatic rings. The van der Waals surface area contributed by atoms with Crippen LogP contribution in [0.1, 0.15) is 32.3 Å². The highest BCUT2D eigenvalue weighted by Crippen LogP contribution is 2.31. The molecule has 96 valence electrons. The molecule has 0 atom stereocenters. The molecular weight excluding hydrogens is 234 g/mol. The fourth-order valence-electron chi connectivity index (χ4n) is 1.54. The van der Waals surface area contributed by atoms with E-state index in [9.17, 15) is 0 Å². The van der Waals surface area contributed by atoms with Crippen molar-refractivity contribution in [2.24, 2.45) is 0 Å². The van der Waals surface area contributed by atoms with Gasteiger partial charge in [0.2, 0.25) is 0 Å². The molecule has 0 saturated carbocycles. The molecule has 1 heterocycles. The molecule has 0 bridgehead atoms. The molecule has 0 aromatic carbocycles. The molecule has 0 unspecified atom stereocenters. The van der Waals surface area contributed by atoms with E-state index < -0.39 is 0 Å². The number of anilines is 1. The molecule has 17 heavy (non-hydrogen) atoms. The molecule has 0 aliphatic carbocycles. The molecule has 4 nitrogen and oxygen atoms in total. The number of hydrogen-bond acceptors (Lipinski definition) is 5. The largest absolute Gasteiger partial charge is 0.384 e. The van der Waals surface area contributed by atoms with Crippen molar-refractivity contribution in [2.45, 2.75) is 31.7 Å². The van der Waals surface area contributed by atoms with Gasteiger partial charge in [-0.15, -0.1) is 11.8 Å². The highest BCUT2D eigenvalue weighted by Gasteiger charge is 2.14. The van der Waals surface area contributed by atoms with Crippen LogP contribution in [0.2, 0.25) is 0 Å². The van der Waals surface area contributed by atoms with Gasteiger partial charge in [-0.2, -0.15) is 0 Å². The highest BCUT2D eigenvalue weighted by molar-refractivity contribution is 7.99. The zero-order chi connectivity index (χ0) is 12.7. The van der Waals surface area contributed by atoms with Crippen molar-refractivity contribution in [1.29, 1.82) is 0 Å². The van der Waals surface area contributed by atoms with Crippen molar-refractivity contribution in [3.63, 3.8) is 0 Å². The Bertz CT molecular complexity index is 345. The van der Waals surface area contributed by atoms with Crippen molar-refractivity contribution in [3.8, 4) is 0 Å². The molecule has 0 spiro atoms. The topological polar surface area (TPSA) is 47.0 Å². The summed E-state index contributed by atoms with van der Waals surface area (Å²) in [5, 5.41) is 4.35. The van der Waals surface area contributed by atoms with Crippen LogP contribution in [0.5, 0.6) is 0 Å². The molecule has 0 radical (unpaired) electrons. The Morgan fingerprint density at radius 3 is 2.76 bits per heavy atom. The van der Waals surface area contributed by atoms with E-state index in [1.807, 2.05) is 0 Å². The van der Waals surface area contributed by atoms with E-state index in [1.54, 1.807) is 25.2 Å². The molecule has 5 heteroatoms. The zero-order valence-electron chi connectivity index (χ0n) is 11.0. The smallest absolute Gasteiger partial charge is 0.133 e. The zero-order valence-corrected chi connectivity index (χ0v) is 11.8. The van der Waals surface area contributed by atoms with E-state index in [0.717, 1.165) is 29.7 Å². The van der Waals surface area contributed by atoms with Gasteiger partial charge < -0.3 is 10.1 Å². The Hall–Kier alpha value is -0.810. The molecule has 0 fully saturated rings. The SMILES string of the molecule is CCNc1ncnc(SCCOC)c1C(C)C. The maximum Gasteiger partial charge on any atom is 0.133 e. The first-order chi connectivity index (χ1) is 8.20. The first-order valence-corrected chi connectivity index (χ1v) is 6.89. The second-order valence-electron chi connectivity index (χ2n) is 3.97. The number of nitrogens with one attached hydrogen (secondary N) is 1. The lowest BCUT2D eigenvalue weighted by Gasteiger charge is -2.15. The van der Waals surface area contributed by atoms with E-state index in [1.165, 1.54) is 5.56 Å². The third kappa shape index (κ3) is 4.16. The minimum Gasteiger partial charge on any atom is -0.384 e. The number of thioether (sulfide) groups is 1. The first kappa shape index (κ1) is 14.3. The highest BCUT2D eigenvalue weighted by atomic mass is 32.2. The average Bonchev–Trinajstić information content (AvgIpc) is 2.29. The molecule has 1 aromatic heterocycles. The van der Waals surface area contributed by atoms with Crippen LogP contribution in [0.4, 0.5) is 5.82 Å². The van der Waals surface area contributed by atoms with E-state index >= 15 is 0 Å². The van der Waals surface area contributed by atoms with Gasteiger partial charge in [-0.3, -0.25) is 0 Å². The second-order valence-corrected chi connectivity index (χ2v) is 5.05. The van der Waals surface area contributed by atoms with Crippen LogP contribution in [0.3, 0.4) is 0 Å². The Kier molecular flexibility index (Phi) is 6.29. The van der Waals surface area contributed by atoms with E-state index in [0.29, 0.717) is 5.92 Å². The van der Waals surface area contributed by atoms with Crippen LogP contribution < -0.4 is 5.32 Å². The number of rotatable bonds is 7. The van der Waals surface area contributed by atoms with E-state index in [4.69, 9.17) is 4.74 Å². The predicted molar refractivity (Wildman–Crippen MR) is 72.9 cm³/mol. The van der Waals surface area contributed by atoms with E-state index in [2.05, 4.69) is 36.1 Å². The van der Waals surface area contributed by atoms with Crippen LogP contribution in [0.15, 0.2) is 11.4 Å². The summed E-state index contributed by atoms with van der Waals surface area (Å²) in [6, 6.07) is 0. The summed E-state index contributed by atoms with van der Waals surface area (Å²) in [6.07, 6.45) is 1.62. The lowest BCUT2D eigenvalue weighted by molar-refractivity contribution is 0.218. The summed E-state index contributed by atoms with van der Waals surface area (Å²) >= 11 is 1.72. The molecule has 0 aliphatic rings. The third-order valence-electron chi connectivity index (χ3n) is 2.30. The van der Waals surface area contributed by atoms with Crippen molar-refractivity contribution in [2.75, 3.05) is 31.3 Å². The fraction of sp³-hybridized carbons (Fsp3) is 0.667. The molecule has 0 amide bonds. The number of nitrogens with zero attached hydrogens (tertiary/aromatic N) is 2. The van der Waals surface area contributed by atoms with Crippen molar-refractivity contribution in [1.82, 2.24) is 9.97 Å². The minimum atomic E-state index is 0.412. The van der Waals surface area contributed by atoms with Gasteiger partial charge >= 0.3 is 0 Å². The maximum absolute atomic E-state index is 5.06. The quantitative estimate of drug-likeness (QED) is 0.461. The summed E-state index contributed by atoms with van der Waals surface area (Å²) in [5.74, 6) is 2.28. The summed E-state index contributed by atoms with van der Waals surface area (Å²) < 4.78 is 5.06. The fourth-order valence-corrected chi connectivity index (χ4v) is 2.60. The van der Waals surface area contributed by atoms with Crippen LogP contribution in [-0.4, -0.2) is 36.0 Å². The Morgan fingerprint density at radius 2 is 2.18 bits per heavy atom. The Balaban J connectivity index is 2.90. The maximum atomic E-state index is 5.06. The summed E-state index contributed by atoms with van der Waals surface area (Å²) in [7, 11) is 1.72. The monoisotopic (exact) mass is 255 g/mol. The lowest BCUT2D eigenvalue weighted by Crippen LogP contribution is -2.07. The Morgan fingerprint density at radius 1 is 1.41 bits per heavy atom. The van der Waals surface area contributed by atoms with E-state index in [-0.39, 0.29) is 0 Å². The van der Waals surface area contributed by atoms with Gasteiger partial charge in [-0.1, -0.05) is 13.8 Å². The first-order valence-electron chi connectivity index (χ1n) is 5.91. The van der Waals surface area contributed by atoms with Gasteiger partial charge in [0.1, 0.15) is 17.2 Å². The molecule has 0 saturated heterocycles. The number of hydrogen-bond donors (Lipinski definition) is 1. The molecule has 0 aliphatic heterocycles. The normalized spacial score (nSPS) is 10.9. The van der Waals surface area contributed by atoms with Crippen molar-refractivity contribution < 1.29 is 4.74 Å². The van der Waals surface area contributed by atoms with Crippen LogP contribution in [-0.2, 0) is 4.74 Å². The lowest BCUT2D eigenvalue weighted by atomic mass is 10.1. The average molecular weight is 255 g/mol. The van der Waals surface area contributed by atoms with Crippen molar-refractivity contribution in [3.05, 3.63) is 11.9 Å². The van der Waals surface area contributed by atoms with Gasteiger partial charge in [-0.25, -0.2) is 9.97 Å².